The van der Waals surface area contributed by atoms with Crippen molar-refractivity contribution >= 4 is 0 Å². The van der Waals surface area contributed by atoms with Gasteiger partial charge in [0, 0.05) is 0 Å². The van der Waals surface area contributed by atoms with E-state index >= 15 is 0 Å². The molecule has 1 N–H and O–H groups in total. The Morgan fingerprint density at radius 2 is 2.56 bits per heavy atom. The molecule has 0 aliphatic rings. The van der Waals surface area contributed by atoms with Crippen molar-refractivity contribution < 1.29 is 6.48 Å². The van der Waals surface area contributed by atoms with Gasteiger partial charge in [0.15, 0.2) is 0 Å². The fourth-order valence-electron chi connectivity index (χ4n) is 0.485. The molecule has 1 nitrogen and oxygen atoms in total. The van der Waals surface area contributed by atoms with Crippen LogP contribution in [0.25, 0.3) is 0 Å². The normalized spacial score (nSPS) is 14.2. The van der Waals surface area contributed by atoms with Gasteiger partial charge in [-0.15, -0.1) is 6.58 Å². The Bertz CT molecular complexity index is 140. The van der Waals surface area contributed by atoms with E-state index in [-0.39, 0.29) is 0 Å². The molecule has 0 radical (unpaired) electrons. The van der Waals surface area contributed by atoms with Gasteiger partial charge in [-0.05, 0) is 19.8 Å². The SMILES string of the molecule is [2H]C(=C)CCC(O)C(=C)C. The molecule has 0 saturated heterocycles. The van der Waals surface area contributed by atoms with Crippen LogP contribution in [0.1, 0.15) is 21.1 Å². The zero-order valence-electron chi connectivity index (χ0n) is 6.85. The molecule has 0 aliphatic carbocycles. The Hall–Kier alpha value is -0.560. The van der Waals surface area contributed by atoms with Crippen molar-refractivity contribution in [3.05, 3.63) is 24.8 Å². The zero-order valence-corrected chi connectivity index (χ0v) is 5.85. The fourth-order valence-corrected chi connectivity index (χ4v) is 0.485. The number of aliphatic hydroxyl groups is 1. The maximum Gasteiger partial charge on any atom is 0.0747 e. The van der Waals surface area contributed by atoms with E-state index in [0.717, 1.165) is 5.57 Å². The van der Waals surface area contributed by atoms with Crippen LogP contribution < -0.4 is 0 Å². The van der Waals surface area contributed by atoms with Crippen LogP contribution in [0.4, 0.5) is 0 Å². The van der Waals surface area contributed by atoms with E-state index in [0.29, 0.717) is 18.9 Å². The van der Waals surface area contributed by atoms with Crippen molar-refractivity contribution in [3.8, 4) is 0 Å². The summed E-state index contributed by atoms with van der Waals surface area (Å²) in [6.07, 6.45) is 0.646. The molecule has 0 amide bonds. The minimum Gasteiger partial charge on any atom is -0.389 e. The average molecular weight is 127 g/mol. The van der Waals surface area contributed by atoms with Gasteiger partial charge in [-0.2, -0.15) is 0 Å². The van der Waals surface area contributed by atoms with Crippen LogP contribution in [0.3, 0.4) is 0 Å². The van der Waals surface area contributed by atoms with E-state index in [2.05, 4.69) is 13.2 Å². The summed E-state index contributed by atoms with van der Waals surface area (Å²) in [7, 11) is 0. The molecule has 1 unspecified atom stereocenters. The Labute approximate surface area is 58.1 Å². The molecule has 1 heteroatoms. The van der Waals surface area contributed by atoms with Gasteiger partial charge in [-0.3, -0.25) is 0 Å². The maximum absolute atomic E-state index is 9.15. The molecular formula is C8H14O. The van der Waals surface area contributed by atoms with Gasteiger partial charge in [0.1, 0.15) is 0 Å². The lowest BCUT2D eigenvalue weighted by Crippen LogP contribution is -2.05. The monoisotopic (exact) mass is 127 g/mol. The van der Waals surface area contributed by atoms with E-state index in [1.807, 2.05) is 0 Å². The van der Waals surface area contributed by atoms with Gasteiger partial charge in [-0.1, -0.05) is 18.2 Å². The summed E-state index contributed by atoms with van der Waals surface area (Å²) < 4.78 is 6.98. The smallest absolute Gasteiger partial charge is 0.0747 e. The summed E-state index contributed by atoms with van der Waals surface area (Å²) in [5, 5.41) is 9.15. The molecule has 0 aromatic carbocycles. The summed E-state index contributed by atoms with van der Waals surface area (Å²) >= 11 is 0. The number of rotatable bonds is 4. The zero-order chi connectivity index (χ0) is 8.15. The van der Waals surface area contributed by atoms with Crippen molar-refractivity contribution in [1.29, 1.82) is 0 Å². The van der Waals surface area contributed by atoms with Crippen molar-refractivity contribution in [2.24, 2.45) is 0 Å². The highest BCUT2D eigenvalue weighted by Crippen LogP contribution is 2.04. The number of allylic oxidation sites excluding steroid dienone is 1. The molecule has 52 valence electrons. The van der Waals surface area contributed by atoms with Crippen LogP contribution in [0.15, 0.2) is 24.8 Å². The predicted molar refractivity (Wildman–Crippen MR) is 40.3 cm³/mol. The lowest BCUT2D eigenvalue weighted by atomic mass is 10.1. The van der Waals surface area contributed by atoms with Crippen molar-refractivity contribution in [2.45, 2.75) is 25.9 Å². The summed E-state index contributed by atoms with van der Waals surface area (Å²) in [4.78, 5) is 0. The van der Waals surface area contributed by atoms with Crippen LogP contribution in [-0.2, 0) is 0 Å². The number of hydrogen-bond acceptors (Lipinski definition) is 1. The van der Waals surface area contributed by atoms with Gasteiger partial charge < -0.3 is 5.11 Å². The summed E-state index contributed by atoms with van der Waals surface area (Å²) in [6.45, 7) is 8.78. The molecule has 0 bridgehead atoms. The molecule has 1 atom stereocenters. The van der Waals surface area contributed by atoms with Crippen LogP contribution in [0, 0.1) is 0 Å². The first-order valence-corrected chi connectivity index (χ1v) is 3.02. The van der Waals surface area contributed by atoms with E-state index in [1.54, 1.807) is 6.92 Å². The second-order valence-corrected chi connectivity index (χ2v) is 2.15. The van der Waals surface area contributed by atoms with Gasteiger partial charge in [0.25, 0.3) is 0 Å². The molecule has 0 spiro atoms. The lowest BCUT2D eigenvalue weighted by molar-refractivity contribution is 0.202. The minimum absolute atomic E-state index is 0.361. The van der Waals surface area contributed by atoms with Gasteiger partial charge in [-0.25, -0.2) is 0 Å². The first kappa shape index (κ1) is 6.56. The predicted octanol–water partition coefficient (Wildman–Crippen LogP) is 1.89. The molecule has 0 aliphatic heterocycles. The highest BCUT2D eigenvalue weighted by molar-refractivity contribution is 4.96. The largest absolute Gasteiger partial charge is 0.389 e. The third-order valence-corrected chi connectivity index (χ3v) is 1.16. The Morgan fingerprint density at radius 1 is 2.00 bits per heavy atom. The topological polar surface area (TPSA) is 20.2 Å². The fraction of sp³-hybridized carbons (Fsp3) is 0.500. The molecule has 9 heavy (non-hydrogen) atoms. The molecule has 0 aromatic rings. The Balaban J connectivity index is 3.49. The summed E-state index contributed by atoms with van der Waals surface area (Å²) in [6, 6.07) is 0.361. The van der Waals surface area contributed by atoms with E-state index < -0.39 is 6.10 Å². The van der Waals surface area contributed by atoms with Crippen molar-refractivity contribution in [1.82, 2.24) is 0 Å². The van der Waals surface area contributed by atoms with E-state index in [4.69, 9.17) is 6.48 Å². The molecule has 0 saturated carbocycles. The highest BCUT2D eigenvalue weighted by atomic mass is 16.3. The van der Waals surface area contributed by atoms with Gasteiger partial charge in [0.05, 0.1) is 7.47 Å². The highest BCUT2D eigenvalue weighted by Gasteiger charge is 2.00. The van der Waals surface area contributed by atoms with Gasteiger partial charge >= 0.3 is 0 Å². The third-order valence-electron chi connectivity index (χ3n) is 1.16. The molecule has 0 heterocycles. The number of hydrogen-bond donors (Lipinski definition) is 1. The first-order chi connectivity index (χ1) is 4.54. The molecule has 0 rings (SSSR count). The molecule has 0 aromatic heterocycles. The van der Waals surface area contributed by atoms with Crippen LogP contribution in [0.2, 0.25) is 0 Å². The molecular weight excluding hydrogens is 112 g/mol. The van der Waals surface area contributed by atoms with Crippen LogP contribution in [-0.4, -0.2) is 11.2 Å². The Morgan fingerprint density at radius 3 is 2.89 bits per heavy atom. The summed E-state index contributed by atoms with van der Waals surface area (Å²) in [5.41, 5.74) is 0.751. The van der Waals surface area contributed by atoms with E-state index in [1.165, 1.54) is 0 Å². The second-order valence-electron chi connectivity index (χ2n) is 2.15. The number of aliphatic hydroxyl groups excluding tert-OH is 1. The van der Waals surface area contributed by atoms with Crippen molar-refractivity contribution in [3.63, 3.8) is 0 Å². The van der Waals surface area contributed by atoms with Crippen molar-refractivity contribution in [2.75, 3.05) is 0 Å². The second kappa shape index (κ2) is 4.33. The quantitative estimate of drug-likeness (QED) is 0.572. The molecule has 0 fully saturated rings. The third kappa shape index (κ3) is 3.98. The lowest BCUT2D eigenvalue weighted by Gasteiger charge is -2.06. The van der Waals surface area contributed by atoms with Crippen LogP contribution >= 0.6 is 0 Å². The van der Waals surface area contributed by atoms with Gasteiger partial charge in [0.2, 0.25) is 0 Å². The maximum atomic E-state index is 9.15. The standard InChI is InChI=1S/C8H14O/c1-4-5-6-8(9)7(2)3/h4,8-9H,1-2,5-6H2,3H3/i4D. The minimum atomic E-state index is -0.470. The van der Waals surface area contributed by atoms with Crippen LogP contribution in [0.5, 0.6) is 0 Å². The Kier molecular flexibility index (Phi) is 3.16. The summed E-state index contributed by atoms with van der Waals surface area (Å²) in [5.74, 6) is 0. The average Bonchev–Trinajstić information content (AvgIpc) is 1.82. The first-order valence-electron chi connectivity index (χ1n) is 3.52. The van der Waals surface area contributed by atoms with E-state index in [9.17, 15) is 0 Å².